The van der Waals surface area contributed by atoms with Gasteiger partial charge in [0, 0.05) is 13.6 Å². The zero-order valence-corrected chi connectivity index (χ0v) is 8.56. The van der Waals surface area contributed by atoms with Gasteiger partial charge in [-0.3, -0.25) is 4.79 Å². The molecule has 0 N–H and O–H groups in total. The Kier molecular flexibility index (Phi) is 4.80. The molecule has 0 aromatic carbocycles. The molecule has 0 unspecified atom stereocenters. The van der Waals surface area contributed by atoms with Crippen molar-refractivity contribution >= 4 is 5.91 Å². The predicted octanol–water partition coefficient (Wildman–Crippen LogP) is 2.10. The van der Waals surface area contributed by atoms with Gasteiger partial charge >= 0.3 is 12.4 Å². The minimum atomic E-state index is -5.70. The van der Waals surface area contributed by atoms with E-state index in [4.69, 9.17) is 5.26 Å². The van der Waals surface area contributed by atoms with E-state index in [0.717, 1.165) is 7.05 Å². The van der Waals surface area contributed by atoms with Crippen LogP contribution in [0.1, 0.15) is 6.42 Å². The van der Waals surface area contributed by atoms with Gasteiger partial charge in [-0.05, 0) is 0 Å². The molecule has 0 aromatic rings. The Morgan fingerprint density at radius 3 is 1.94 bits per heavy atom. The van der Waals surface area contributed by atoms with E-state index in [2.05, 4.69) is 0 Å². The van der Waals surface area contributed by atoms with Crippen molar-refractivity contribution in [3.05, 3.63) is 0 Å². The van der Waals surface area contributed by atoms with Crippen molar-refractivity contribution in [1.29, 1.82) is 5.26 Å². The molecular weight excluding hydrogens is 254 g/mol. The van der Waals surface area contributed by atoms with Crippen LogP contribution in [0.3, 0.4) is 0 Å². The van der Waals surface area contributed by atoms with Crippen molar-refractivity contribution in [2.45, 2.75) is 18.8 Å². The molecule has 0 saturated carbocycles. The maximum Gasteiger partial charge on any atom is 0.409 e. The summed E-state index contributed by atoms with van der Waals surface area (Å²) in [5, 5.41) is 8.12. The van der Waals surface area contributed by atoms with E-state index in [1.54, 1.807) is 0 Å². The molecule has 0 aliphatic heterocycles. The van der Waals surface area contributed by atoms with Gasteiger partial charge in [0.1, 0.15) is 0 Å². The van der Waals surface area contributed by atoms with Crippen LogP contribution in [0.4, 0.5) is 26.3 Å². The van der Waals surface area contributed by atoms with Crippen molar-refractivity contribution in [2.75, 3.05) is 13.6 Å². The summed E-state index contributed by atoms with van der Waals surface area (Å²) in [4.78, 5) is 11.3. The van der Waals surface area contributed by atoms with E-state index in [-0.39, 0.29) is 11.3 Å². The smallest absolute Gasteiger partial charge is 0.344 e. The molecule has 0 fully saturated rings. The maximum absolute atomic E-state index is 12.1. The van der Waals surface area contributed by atoms with Gasteiger partial charge in [0.2, 0.25) is 11.8 Å². The maximum atomic E-state index is 12.1. The zero-order chi connectivity index (χ0) is 13.9. The van der Waals surface area contributed by atoms with Crippen molar-refractivity contribution < 1.29 is 31.1 Å². The number of hydrogen-bond acceptors (Lipinski definition) is 2. The second-order valence-electron chi connectivity index (χ2n) is 3.18. The minimum absolute atomic E-state index is 0.245. The molecular formula is C8H8F6N2O. The lowest BCUT2D eigenvalue weighted by molar-refractivity contribution is -0.277. The number of nitrogens with zero attached hydrogens (tertiary/aromatic N) is 2. The molecule has 9 heteroatoms. The molecule has 98 valence electrons. The molecule has 0 atom stereocenters. The van der Waals surface area contributed by atoms with Gasteiger partial charge in [-0.25, -0.2) is 0 Å². The van der Waals surface area contributed by atoms with Crippen LogP contribution in [0.25, 0.3) is 0 Å². The summed E-state index contributed by atoms with van der Waals surface area (Å²) in [6.07, 6.45) is -11.7. The summed E-state index contributed by atoms with van der Waals surface area (Å²) in [7, 11) is 0.782. The number of rotatable bonds is 3. The molecule has 0 spiro atoms. The van der Waals surface area contributed by atoms with Gasteiger partial charge in [0.25, 0.3) is 0 Å². The van der Waals surface area contributed by atoms with Gasteiger partial charge in [0.15, 0.2) is 0 Å². The fraction of sp³-hybridized carbons (Fsp3) is 0.750. The van der Waals surface area contributed by atoms with Crippen molar-refractivity contribution in [3.8, 4) is 6.07 Å². The number of alkyl halides is 6. The SMILES string of the molecule is CN(CCC#N)C(=O)C(C(F)(F)F)C(F)(F)F. The van der Waals surface area contributed by atoms with Crippen LogP contribution in [-0.2, 0) is 4.79 Å². The topological polar surface area (TPSA) is 44.1 Å². The lowest BCUT2D eigenvalue weighted by atomic mass is 10.1. The van der Waals surface area contributed by atoms with Crippen molar-refractivity contribution in [1.82, 2.24) is 4.90 Å². The highest BCUT2D eigenvalue weighted by Gasteiger charge is 2.61. The van der Waals surface area contributed by atoms with Crippen LogP contribution < -0.4 is 0 Å². The van der Waals surface area contributed by atoms with E-state index in [1.165, 1.54) is 6.07 Å². The third-order valence-electron chi connectivity index (χ3n) is 1.84. The third-order valence-corrected chi connectivity index (χ3v) is 1.84. The standard InChI is InChI=1S/C8H8F6N2O/c1-16(4-2-3-15)6(17)5(7(9,10)11)8(12,13)14/h5H,2,4H2,1H3. The van der Waals surface area contributed by atoms with Crippen LogP contribution >= 0.6 is 0 Å². The fourth-order valence-corrected chi connectivity index (χ4v) is 1.01. The molecule has 17 heavy (non-hydrogen) atoms. The lowest BCUT2D eigenvalue weighted by Gasteiger charge is -2.26. The largest absolute Gasteiger partial charge is 0.409 e. The Hall–Kier alpha value is -1.46. The summed E-state index contributed by atoms with van der Waals surface area (Å²) in [6.45, 7) is -0.488. The quantitative estimate of drug-likeness (QED) is 0.731. The lowest BCUT2D eigenvalue weighted by Crippen LogP contribution is -2.48. The molecule has 0 rings (SSSR count). The first-order valence-electron chi connectivity index (χ1n) is 4.27. The van der Waals surface area contributed by atoms with Gasteiger partial charge in [-0.15, -0.1) is 0 Å². The first kappa shape index (κ1) is 15.5. The van der Waals surface area contributed by atoms with Crippen LogP contribution in [0.2, 0.25) is 0 Å². The van der Waals surface area contributed by atoms with E-state index in [9.17, 15) is 31.1 Å². The molecule has 0 radical (unpaired) electrons. The normalized spacial score (nSPS) is 12.4. The third kappa shape index (κ3) is 4.50. The highest BCUT2D eigenvalue weighted by atomic mass is 19.4. The summed E-state index contributed by atoms with van der Waals surface area (Å²) < 4.78 is 72.7. The Morgan fingerprint density at radius 2 is 1.65 bits per heavy atom. The number of hydrogen-bond donors (Lipinski definition) is 0. The predicted molar refractivity (Wildman–Crippen MR) is 43.5 cm³/mol. The molecule has 0 saturated heterocycles. The number of amides is 1. The number of carbonyl (C=O) groups excluding carboxylic acids is 1. The minimum Gasteiger partial charge on any atom is -0.344 e. The van der Waals surface area contributed by atoms with Gasteiger partial charge in [-0.1, -0.05) is 0 Å². The summed E-state index contributed by atoms with van der Waals surface area (Å²) >= 11 is 0. The van der Waals surface area contributed by atoms with Crippen LogP contribution in [0.5, 0.6) is 0 Å². The van der Waals surface area contributed by atoms with E-state index < -0.39 is 30.7 Å². The molecule has 0 aromatic heterocycles. The fourth-order valence-electron chi connectivity index (χ4n) is 1.01. The van der Waals surface area contributed by atoms with E-state index in [0.29, 0.717) is 0 Å². The Morgan fingerprint density at radius 1 is 1.24 bits per heavy atom. The average molecular weight is 262 g/mol. The summed E-state index contributed by atoms with van der Waals surface area (Å²) in [6, 6.07) is 1.51. The average Bonchev–Trinajstić information content (AvgIpc) is 2.09. The second kappa shape index (κ2) is 5.25. The Balaban J connectivity index is 4.98. The molecule has 0 heterocycles. The first-order valence-corrected chi connectivity index (χ1v) is 4.27. The number of carbonyl (C=O) groups is 1. The van der Waals surface area contributed by atoms with E-state index in [1.807, 2.05) is 0 Å². The number of halogens is 6. The van der Waals surface area contributed by atoms with Crippen LogP contribution in [0.15, 0.2) is 0 Å². The summed E-state index contributed by atoms with van der Waals surface area (Å²) in [5.74, 6) is -6.15. The highest BCUT2D eigenvalue weighted by molar-refractivity contribution is 5.80. The zero-order valence-electron chi connectivity index (χ0n) is 8.56. The van der Waals surface area contributed by atoms with Gasteiger partial charge in [-0.2, -0.15) is 31.6 Å². The Labute approximate surface area is 92.6 Å². The Bertz CT molecular complexity index is 301. The second-order valence-corrected chi connectivity index (χ2v) is 3.18. The van der Waals surface area contributed by atoms with Gasteiger partial charge in [0.05, 0.1) is 12.5 Å². The van der Waals surface area contributed by atoms with Crippen LogP contribution in [-0.4, -0.2) is 36.8 Å². The molecule has 0 aliphatic rings. The summed E-state index contributed by atoms with van der Waals surface area (Å²) in [5.41, 5.74) is 0. The molecule has 3 nitrogen and oxygen atoms in total. The van der Waals surface area contributed by atoms with Gasteiger partial charge < -0.3 is 4.90 Å². The number of nitriles is 1. The highest BCUT2D eigenvalue weighted by Crippen LogP contribution is 2.40. The van der Waals surface area contributed by atoms with E-state index >= 15 is 0 Å². The first-order chi connectivity index (χ1) is 7.51. The van der Waals surface area contributed by atoms with Crippen LogP contribution in [0, 0.1) is 17.2 Å². The monoisotopic (exact) mass is 262 g/mol. The van der Waals surface area contributed by atoms with Crippen molar-refractivity contribution in [2.24, 2.45) is 5.92 Å². The molecule has 0 bridgehead atoms. The van der Waals surface area contributed by atoms with Crippen molar-refractivity contribution in [3.63, 3.8) is 0 Å². The molecule has 1 amide bonds. The molecule has 0 aliphatic carbocycles.